The molecule has 2 atom stereocenters. The molecule has 0 bridgehead atoms. The van der Waals surface area contributed by atoms with E-state index in [0.29, 0.717) is 12.8 Å². The maximum Gasteiger partial charge on any atom is 0.472 e. The molecular weight excluding hydrogens is 906 g/mol. The fraction of sp³-hybridized carbons (Fsp3) is 0.574. The second kappa shape index (κ2) is 55.2. The highest BCUT2D eigenvalue weighted by atomic mass is 31.2. The van der Waals surface area contributed by atoms with Crippen LogP contribution in [0.4, 0.5) is 0 Å². The number of ether oxygens (including phenoxy) is 2. The lowest BCUT2D eigenvalue weighted by molar-refractivity contribution is -0.161. The van der Waals surface area contributed by atoms with Gasteiger partial charge in [0.05, 0.1) is 13.2 Å². The molecule has 0 saturated carbocycles. The Morgan fingerprint density at radius 1 is 0.423 bits per heavy atom. The minimum Gasteiger partial charge on any atom is -0.462 e. The molecule has 0 aliphatic rings. The van der Waals surface area contributed by atoms with E-state index < -0.39 is 32.5 Å². The number of phosphoric ester groups is 1. The van der Waals surface area contributed by atoms with E-state index >= 15 is 0 Å². The summed E-state index contributed by atoms with van der Waals surface area (Å²) >= 11 is 0. The van der Waals surface area contributed by atoms with Gasteiger partial charge in [0.15, 0.2) is 6.10 Å². The summed E-state index contributed by atoms with van der Waals surface area (Å²) < 4.78 is 33.0. The number of carbonyl (C=O) groups is 2. The lowest BCUT2D eigenvalue weighted by Gasteiger charge is -2.19. The van der Waals surface area contributed by atoms with Gasteiger partial charge < -0.3 is 20.1 Å². The molecule has 0 rings (SSSR count). The first-order chi connectivity index (χ1) is 34.8. The molecule has 0 saturated heterocycles. The summed E-state index contributed by atoms with van der Waals surface area (Å²) in [5.41, 5.74) is 5.37. The van der Waals surface area contributed by atoms with Gasteiger partial charge in [-0.1, -0.05) is 211 Å². The lowest BCUT2D eigenvalue weighted by Crippen LogP contribution is -2.29. The number of hydrogen-bond acceptors (Lipinski definition) is 8. The van der Waals surface area contributed by atoms with E-state index in [9.17, 15) is 19.0 Å². The van der Waals surface area contributed by atoms with Gasteiger partial charge in [-0.25, -0.2) is 4.57 Å². The number of phosphoric acid groups is 1. The normalized spacial score (nSPS) is 14.3. The summed E-state index contributed by atoms with van der Waals surface area (Å²) in [6.07, 6.45) is 78.8. The largest absolute Gasteiger partial charge is 0.472 e. The number of nitrogens with two attached hydrogens (primary N) is 1. The predicted octanol–water partition coefficient (Wildman–Crippen LogP) is 17.2. The Bertz CT molecular complexity index is 1660. The fourth-order valence-electron chi connectivity index (χ4n) is 6.76. The van der Waals surface area contributed by atoms with Crippen LogP contribution in [-0.4, -0.2) is 49.3 Å². The van der Waals surface area contributed by atoms with Crippen LogP contribution >= 0.6 is 7.82 Å². The van der Waals surface area contributed by atoms with Crippen molar-refractivity contribution in [2.75, 3.05) is 26.4 Å². The number of esters is 2. The van der Waals surface area contributed by atoms with Gasteiger partial charge in [0.2, 0.25) is 0 Å². The van der Waals surface area contributed by atoms with Gasteiger partial charge in [-0.3, -0.25) is 18.6 Å². The molecule has 0 aromatic carbocycles. The molecular formula is C61H98NO8P. The highest BCUT2D eigenvalue weighted by molar-refractivity contribution is 7.47. The first-order valence-corrected chi connectivity index (χ1v) is 28.8. The van der Waals surface area contributed by atoms with E-state index in [4.69, 9.17) is 24.3 Å². The standard InChI is InChI=1S/C61H98NO8P/c1-3-5-7-9-11-13-15-17-19-21-23-25-27-29-31-33-35-37-39-41-43-45-47-49-51-53-60(63)67-57-59(58-69-71(65,66)68-56-55-62)70-61(64)54-52-50-48-46-44-42-40-38-36-34-32-30-28-26-24-22-20-18-16-14-12-10-8-6-4-2/h5-8,11-14,17-20,23-26,29-32,35-38,59H,3-4,9-10,15-16,21-22,27-28,33-34,39-58,62H2,1-2H3,(H,65,66)/b7-5-,8-6-,13-11-,14-12-,19-17-,20-18-,25-23-,26-24-,31-29-,32-30-,37-35-,38-36-. The third kappa shape index (κ3) is 55.1. The number of rotatable bonds is 49. The third-order valence-electron chi connectivity index (χ3n) is 10.7. The maximum absolute atomic E-state index is 12.7. The summed E-state index contributed by atoms with van der Waals surface area (Å²) in [7, 11) is -4.41. The molecule has 9 nitrogen and oxygen atoms in total. The Morgan fingerprint density at radius 2 is 0.732 bits per heavy atom. The van der Waals surface area contributed by atoms with E-state index in [1.807, 2.05) is 0 Å². The molecule has 10 heteroatoms. The Kier molecular flexibility index (Phi) is 52.0. The van der Waals surface area contributed by atoms with Crippen LogP contribution in [0, 0.1) is 0 Å². The van der Waals surface area contributed by atoms with Crippen molar-refractivity contribution in [2.24, 2.45) is 5.73 Å². The summed E-state index contributed by atoms with van der Waals surface area (Å²) in [5.74, 6) is -0.875. The maximum atomic E-state index is 12.7. The fourth-order valence-corrected chi connectivity index (χ4v) is 7.52. The van der Waals surface area contributed by atoms with Crippen molar-refractivity contribution < 1.29 is 37.6 Å². The number of allylic oxidation sites excluding steroid dienone is 24. The molecule has 0 amide bonds. The first-order valence-electron chi connectivity index (χ1n) is 27.3. The van der Waals surface area contributed by atoms with Gasteiger partial charge in [-0.15, -0.1) is 0 Å². The van der Waals surface area contributed by atoms with Gasteiger partial charge in [-0.2, -0.15) is 0 Å². The average molecular weight is 1000 g/mol. The van der Waals surface area contributed by atoms with Crippen molar-refractivity contribution in [3.63, 3.8) is 0 Å². The van der Waals surface area contributed by atoms with Gasteiger partial charge >= 0.3 is 19.8 Å². The molecule has 0 radical (unpaired) electrons. The third-order valence-corrected chi connectivity index (χ3v) is 11.7. The van der Waals surface area contributed by atoms with E-state index in [1.54, 1.807) is 0 Å². The van der Waals surface area contributed by atoms with Crippen LogP contribution in [0.5, 0.6) is 0 Å². The molecule has 71 heavy (non-hydrogen) atoms. The second-order valence-corrected chi connectivity index (χ2v) is 18.8. The number of hydrogen-bond donors (Lipinski definition) is 2. The Hall–Kier alpha value is -4.11. The van der Waals surface area contributed by atoms with Gasteiger partial charge in [-0.05, 0) is 116 Å². The Balaban J connectivity index is 4.14. The van der Waals surface area contributed by atoms with Crippen molar-refractivity contribution in [1.82, 2.24) is 0 Å². The number of carbonyl (C=O) groups excluding carboxylic acids is 2. The van der Waals surface area contributed by atoms with E-state index in [0.717, 1.165) is 154 Å². The SMILES string of the molecule is CC/C=C\C/C=C\C/C=C\C/C=C\C/C=C\C/C=C\CCCCCCCCC(=O)OCC(COP(=O)(O)OCCN)OC(=O)CCCCCCCC/C=C\C/C=C\C/C=C\C/C=C\C/C=C\C/C=C\CC. The van der Waals surface area contributed by atoms with Crippen LogP contribution in [0.1, 0.15) is 194 Å². The zero-order valence-electron chi connectivity index (χ0n) is 44.4. The minimum atomic E-state index is -4.41. The van der Waals surface area contributed by atoms with Crippen LogP contribution < -0.4 is 5.73 Å². The van der Waals surface area contributed by atoms with Crippen LogP contribution in [0.2, 0.25) is 0 Å². The highest BCUT2D eigenvalue weighted by Gasteiger charge is 2.26. The van der Waals surface area contributed by atoms with Crippen LogP contribution in [0.15, 0.2) is 146 Å². The van der Waals surface area contributed by atoms with Crippen LogP contribution in [0.25, 0.3) is 0 Å². The summed E-state index contributed by atoms with van der Waals surface area (Å²) in [5, 5.41) is 0. The molecule has 400 valence electrons. The van der Waals surface area contributed by atoms with Gasteiger partial charge in [0, 0.05) is 19.4 Å². The zero-order valence-corrected chi connectivity index (χ0v) is 45.3. The quantitative estimate of drug-likeness (QED) is 0.0264. The van der Waals surface area contributed by atoms with E-state index in [2.05, 4.69) is 160 Å². The lowest BCUT2D eigenvalue weighted by atomic mass is 10.1. The molecule has 2 unspecified atom stereocenters. The van der Waals surface area contributed by atoms with Crippen molar-refractivity contribution in [3.8, 4) is 0 Å². The van der Waals surface area contributed by atoms with E-state index in [1.165, 1.54) is 0 Å². The van der Waals surface area contributed by atoms with Crippen molar-refractivity contribution in [1.29, 1.82) is 0 Å². The smallest absolute Gasteiger partial charge is 0.462 e. The molecule has 0 aliphatic carbocycles. The molecule has 3 N–H and O–H groups in total. The Labute approximate surface area is 433 Å². The molecule has 0 fully saturated rings. The van der Waals surface area contributed by atoms with Crippen molar-refractivity contribution >= 4 is 19.8 Å². The summed E-state index contributed by atoms with van der Waals surface area (Å²) in [4.78, 5) is 35.2. The van der Waals surface area contributed by atoms with E-state index in [-0.39, 0.29) is 32.6 Å². The predicted molar refractivity (Wildman–Crippen MR) is 302 cm³/mol. The highest BCUT2D eigenvalue weighted by Crippen LogP contribution is 2.43. The first kappa shape index (κ1) is 66.9. The van der Waals surface area contributed by atoms with Gasteiger partial charge in [0.1, 0.15) is 6.61 Å². The van der Waals surface area contributed by atoms with Crippen molar-refractivity contribution in [3.05, 3.63) is 146 Å². The average Bonchev–Trinajstić information content (AvgIpc) is 3.36. The molecule has 0 aromatic rings. The molecule has 0 heterocycles. The van der Waals surface area contributed by atoms with Gasteiger partial charge in [0.25, 0.3) is 0 Å². The zero-order chi connectivity index (χ0) is 51.7. The van der Waals surface area contributed by atoms with Crippen molar-refractivity contribution in [2.45, 2.75) is 200 Å². The molecule has 0 spiro atoms. The minimum absolute atomic E-state index is 0.0394. The van der Waals surface area contributed by atoms with Crippen LogP contribution in [-0.2, 0) is 32.7 Å². The second-order valence-electron chi connectivity index (χ2n) is 17.3. The number of unbranched alkanes of at least 4 members (excludes halogenated alkanes) is 12. The monoisotopic (exact) mass is 1000 g/mol. The summed E-state index contributed by atoms with van der Waals surface area (Å²) in [6.45, 7) is 3.45. The molecule has 0 aliphatic heterocycles. The molecule has 0 aromatic heterocycles. The summed E-state index contributed by atoms with van der Waals surface area (Å²) in [6, 6.07) is 0. The van der Waals surface area contributed by atoms with Crippen LogP contribution in [0.3, 0.4) is 0 Å². The Morgan fingerprint density at radius 3 is 1.08 bits per heavy atom. The topological polar surface area (TPSA) is 134 Å².